The molecule has 0 aromatic carbocycles. The van der Waals surface area contributed by atoms with Crippen molar-refractivity contribution in [2.75, 3.05) is 0 Å². The molecule has 12 heavy (non-hydrogen) atoms. The van der Waals surface area contributed by atoms with Crippen molar-refractivity contribution in [3.05, 3.63) is 0 Å². The molecule has 78 valence electrons. The van der Waals surface area contributed by atoms with Gasteiger partial charge in [0.25, 0.3) is 0 Å². The van der Waals surface area contributed by atoms with Crippen LogP contribution in [0, 0.1) is 0 Å². The summed E-state index contributed by atoms with van der Waals surface area (Å²) in [5, 5.41) is 11.4. The van der Waals surface area contributed by atoms with Gasteiger partial charge in [-0.3, -0.25) is 0 Å². The Bertz CT molecular complexity index is 64.2. The van der Waals surface area contributed by atoms with E-state index in [4.69, 9.17) is 5.11 Å². The van der Waals surface area contributed by atoms with Crippen molar-refractivity contribution in [3.8, 4) is 0 Å². The van der Waals surface area contributed by atoms with Crippen LogP contribution in [0.5, 0.6) is 0 Å². The first kappa shape index (κ1) is 17.8. The summed E-state index contributed by atoms with van der Waals surface area (Å²) in [6.07, 6.45) is -0.167. The number of hydrogen-bond donors (Lipinski definition) is 2. The maximum atomic E-state index is 8.06. The van der Waals surface area contributed by atoms with Gasteiger partial charge in [-0.2, -0.15) is 0 Å². The topological polar surface area (TPSA) is 63.8 Å². The van der Waals surface area contributed by atoms with Gasteiger partial charge in [-0.15, -0.1) is 0 Å². The van der Waals surface area contributed by atoms with Gasteiger partial charge in [-0.25, -0.2) is 0 Å². The molecule has 0 aromatic rings. The van der Waals surface area contributed by atoms with Crippen molar-refractivity contribution in [2.45, 2.75) is 59.7 Å². The molecule has 0 saturated heterocycles. The zero-order chi connectivity index (χ0) is 9.44. The number of nitrogens with one attached hydrogen (secondary N) is 1. The predicted octanol–water partition coefficient (Wildman–Crippen LogP) is 0.955. The Balaban J connectivity index is -0.000000142. The molecular weight excluding hydrogens is 154 g/mol. The van der Waals surface area contributed by atoms with E-state index in [2.05, 4.69) is 33.0 Å². The van der Waals surface area contributed by atoms with E-state index in [1.54, 1.807) is 13.8 Å². The molecule has 0 spiro atoms. The monoisotopic (exact) mass is 179 g/mol. The summed E-state index contributed by atoms with van der Waals surface area (Å²) in [6.45, 7) is 12.1. The Morgan fingerprint density at radius 3 is 1.00 bits per heavy atom. The molecule has 0 rings (SSSR count). The maximum Gasteiger partial charge on any atom is 0.0483 e. The van der Waals surface area contributed by atoms with E-state index >= 15 is 0 Å². The lowest BCUT2D eigenvalue weighted by Gasteiger charge is -2.10. The summed E-state index contributed by atoms with van der Waals surface area (Å²) in [5.41, 5.74) is 0. The average molecular weight is 179 g/mol. The minimum Gasteiger partial charge on any atom is -0.412 e. The second kappa shape index (κ2) is 10.9. The molecule has 0 aliphatic carbocycles. The molecule has 0 aliphatic heterocycles. The number of hydrogen-bond acceptors (Lipinski definition) is 2. The van der Waals surface area contributed by atoms with E-state index in [-0.39, 0.29) is 11.6 Å². The third kappa shape index (κ3) is 51.8. The highest BCUT2D eigenvalue weighted by Crippen LogP contribution is 1.80. The summed E-state index contributed by atoms with van der Waals surface area (Å²) in [4.78, 5) is 0. The van der Waals surface area contributed by atoms with Gasteiger partial charge in [0, 0.05) is 18.2 Å². The van der Waals surface area contributed by atoms with Crippen LogP contribution >= 0.6 is 0 Å². The third-order valence-electron chi connectivity index (χ3n) is 0.667. The van der Waals surface area contributed by atoms with Gasteiger partial charge in [0.15, 0.2) is 0 Å². The van der Waals surface area contributed by atoms with Crippen LogP contribution in [0.3, 0.4) is 0 Å². The summed E-state index contributed by atoms with van der Waals surface area (Å²) < 4.78 is 0. The standard InChI is InChI=1S/C6H15N.C3H8O.H2O/c1-5(2)7-6(3)4;1-3(2)4;/h5-7H,1-4H3;3-4H,1-2H3;1H2. The van der Waals surface area contributed by atoms with E-state index in [1.165, 1.54) is 0 Å². The Labute approximate surface area is 76.5 Å². The lowest BCUT2D eigenvalue weighted by molar-refractivity contribution is 0.216. The van der Waals surface area contributed by atoms with Crippen LogP contribution in [-0.4, -0.2) is 28.8 Å². The van der Waals surface area contributed by atoms with Crippen LogP contribution < -0.4 is 5.32 Å². The van der Waals surface area contributed by atoms with Crippen LogP contribution in [0.2, 0.25) is 0 Å². The number of rotatable bonds is 2. The Morgan fingerprint density at radius 2 is 1.00 bits per heavy atom. The third-order valence-corrected chi connectivity index (χ3v) is 0.667. The van der Waals surface area contributed by atoms with Crippen molar-refractivity contribution in [3.63, 3.8) is 0 Å². The van der Waals surface area contributed by atoms with Gasteiger partial charge >= 0.3 is 0 Å². The van der Waals surface area contributed by atoms with Gasteiger partial charge in [-0.1, -0.05) is 27.7 Å². The molecule has 3 nitrogen and oxygen atoms in total. The van der Waals surface area contributed by atoms with Gasteiger partial charge in [-0.05, 0) is 13.8 Å². The molecule has 0 aromatic heterocycles. The van der Waals surface area contributed by atoms with Gasteiger partial charge in [0.05, 0.1) is 0 Å². The van der Waals surface area contributed by atoms with Crippen molar-refractivity contribution in [1.29, 1.82) is 0 Å². The average Bonchev–Trinajstić information content (AvgIpc) is 1.56. The molecule has 0 heterocycles. The second-order valence-electron chi connectivity index (χ2n) is 3.57. The van der Waals surface area contributed by atoms with Crippen LogP contribution in [0.1, 0.15) is 41.5 Å². The molecule has 0 aliphatic rings. The molecule has 0 saturated carbocycles. The van der Waals surface area contributed by atoms with Crippen molar-refractivity contribution in [2.24, 2.45) is 0 Å². The summed E-state index contributed by atoms with van der Waals surface area (Å²) in [6, 6.07) is 1.25. The predicted molar refractivity (Wildman–Crippen MR) is 54.4 cm³/mol. The first-order chi connectivity index (χ1) is 4.86. The maximum absolute atomic E-state index is 8.06. The van der Waals surface area contributed by atoms with Gasteiger partial charge in [0.2, 0.25) is 0 Å². The van der Waals surface area contributed by atoms with Crippen LogP contribution in [-0.2, 0) is 0 Å². The molecule has 4 N–H and O–H groups in total. The number of aliphatic hydroxyl groups excluding tert-OH is 1. The second-order valence-corrected chi connectivity index (χ2v) is 3.57. The molecule has 3 heteroatoms. The Kier molecular flexibility index (Phi) is 16.2. The van der Waals surface area contributed by atoms with E-state index in [9.17, 15) is 0 Å². The van der Waals surface area contributed by atoms with Gasteiger partial charge < -0.3 is 15.9 Å². The smallest absolute Gasteiger partial charge is 0.0483 e. The molecule has 0 amide bonds. The van der Waals surface area contributed by atoms with E-state index in [0.717, 1.165) is 0 Å². The first-order valence-corrected chi connectivity index (χ1v) is 4.30. The van der Waals surface area contributed by atoms with Crippen LogP contribution in [0.25, 0.3) is 0 Å². The Morgan fingerprint density at radius 1 is 0.833 bits per heavy atom. The van der Waals surface area contributed by atoms with Crippen LogP contribution in [0.15, 0.2) is 0 Å². The largest absolute Gasteiger partial charge is 0.412 e. The lowest BCUT2D eigenvalue weighted by atomic mass is 10.3. The molecule has 0 bridgehead atoms. The first-order valence-electron chi connectivity index (χ1n) is 4.30. The fraction of sp³-hybridized carbons (Fsp3) is 1.00. The number of aliphatic hydroxyl groups is 1. The lowest BCUT2D eigenvalue weighted by Crippen LogP contribution is -2.29. The highest BCUT2D eigenvalue weighted by Gasteiger charge is 1.92. The van der Waals surface area contributed by atoms with E-state index in [1.807, 2.05) is 0 Å². The summed E-state index contributed by atoms with van der Waals surface area (Å²) in [7, 11) is 0. The minimum atomic E-state index is -0.167. The normalized spacial score (nSPS) is 9.50. The fourth-order valence-electron chi connectivity index (χ4n) is 0.667. The summed E-state index contributed by atoms with van der Waals surface area (Å²) >= 11 is 0. The molecule has 0 unspecified atom stereocenters. The molecule has 0 atom stereocenters. The molecular formula is C9H25NO2. The summed E-state index contributed by atoms with van der Waals surface area (Å²) in [5.74, 6) is 0. The zero-order valence-electron chi connectivity index (χ0n) is 9.18. The van der Waals surface area contributed by atoms with E-state index < -0.39 is 0 Å². The van der Waals surface area contributed by atoms with Crippen molar-refractivity contribution < 1.29 is 10.6 Å². The fourth-order valence-corrected chi connectivity index (χ4v) is 0.667. The molecule has 0 fully saturated rings. The molecule has 0 radical (unpaired) electrons. The van der Waals surface area contributed by atoms with Crippen molar-refractivity contribution in [1.82, 2.24) is 5.32 Å². The van der Waals surface area contributed by atoms with Crippen molar-refractivity contribution >= 4 is 0 Å². The van der Waals surface area contributed by atoms with E-state index in [0.29, 0.717) is 12.1 Å². The van der Waals surface area contributed by atoms with Crippen LogP contribution in [0.4, 0.5) is 0 Å². The minimum absolute atomic E-state index is 0. The Hall–Kier alpha value is -0.120. The quantitative estimate of drug-likeness (QED) is 0.663. The highest BCUT2D eigenvalue weighted by molar-refractivity contribution is 4.55. The van der Waals surface area contributed by atoms with Gasteiger partial charge in [0.1, 0.15) is 0 Å². The highest BCUT2D eigenvalue weighted by atomic mass is 16.3. The SMILES string of the molecule is CC(C)NC(C)C.CC(C)O.O. The zero-order valence-corrected chi connectivity index (χ0v) is 9.18.